The molecule has 4 rings (SSSR count). The van der Waals surface area contributed by atoms with Crippen LogP contribution in [0, 0.1) is 0 Å². The van der Waals surface area contributed by atoms with E-state index in [2.05, 4.69) is 20.5 Å². The maximum Gasteiger partial charge on any atom is 0.137 e. The predicted molar refractivity (Wildman–Crippen MR) is 135 cm³/mol. The summed E-state index contributed by atoms with van der Waals surface area (Å²) in [5.74, 6) is 0. The van der Waals surface area contributed by atoms with Gasteiger partial charge in [-0.3, -0.25) is 0 Å². The summed E-state index contributed by atoms with van der Waals surface area (Å²) in [7, 11) is 0. The average Bonchev–Trinajstić information content (AvgIpc) is 2.92. The van der Waals surface area contributed by atoms with Crippen molar-refractivity contribution in [3.63, 3.8) is 0 Å². The Morgan fingerprint density at radius 2 is 0.588 bits per heavy atom. The Bertz CT molecular complexity index is 1230. The summed E-state index contributed by atoms with van der Waals surface area (Å²) in [5.41, 5.74) is 4.08. The fraction of sp³-hybridized carbons (Fsp3) is 0. The van der Waals surface area contributed by atoms with E-state index in [9.17, 15) is 10.4 Å². The third kappa shape index (κ3) is 5.14. The quantitative estimate of drug-likeness (QED) is 0.219. The molecule has 6 heteroatoms. The highest BCUT2D eigenvalue weighted by molar-refractivity contribution is 6.55. The summed E-state index contributed by atoms with van der Waals surface area (Å²) in [6, 6.07) is 37.2. The highest BCUT2D eigenvalue weighted by Gasteiger charge is 2.18. The highest BCUT2D eigenvalue weighted by atomic mass is 16.4. The minimum Gasteiger partial charge on any atom is -0.410 e. The van der Waals surface area contributed by atoms with Crippen molar-refractivity contribution in [2.45, 2.75) is 0 Å². The second kappa shape index (κ2) is 11.2. The molecule has 34 heavy (non-hydrogen) atoms. The highest BCUT2D eigenvalue weighted by Crippen LogP contribution is 2.14. The number of oxime groups is 2. The van der Waals surface area contributed by atoms with E-state index in [-0.39, 0.29) is 11.4 Å². The van der Waals surface area contributed by atoms with Crippen LogP contribution < -0.4 is 0 Å². The van der Waals surface area contributed by atoms with Crippen molar-refractivity contribution < 1.29 is 10.4 Å². The number of hydrogen-bond donors (Lipinski definition) is 2. The number of nitrogens with zero attached hydrogens (tertiary/aromatic N) is 4. The van der Waals surface area contributed by atoms with Crippen LogP contribution in [0.4, 0.5) is 0 Å². The van der Waals surface area contributed by atoms with Crippen molar-refractivity contribution in [3.05, 3.63) is 144 Å². The van der Waals surface area contributed by atoms with Gasteiger partial charge in [-0.2, -0.15) is 0 Å². The van der Waals surface area contributed by atoms with Crippen molar-refractivity contribution in [1.82, 2.24) is 0 Å². The van der Waals surface area contributed by atoms with Gasteiger partial charge in [-0.15, -0.1) is 10.2 Å². The van der Waals surface area contributed by atoms with E-state index in [1.807, 2.05) is 121 Å². The molecule has 4 aromatic carbocycles. The zero-order chi connectivity index (χ0) is 23.6. The molecule has 0 aliphatic rings. The van der Waals surface area contributed by atoms with Crippen LogP contribution in [0.3, 0.4) is 0 Å². The summed E-state index contributed by atoms with van der Waals surface area (Å²) in [4.78, 5) is 0. The summed E-state index contributed by atoms with van der Waals surface area (Å²) in [5, 5.41) is 36.0. The van der Waals surface area contributed by atoms with E-state index in [0.29, 0.717) is 22.6 Å². The van der Waals surface area contributed by atoms with Gasteiger partial charge in [-0.05, 0) is 0 Å². The Hall–Kier alpha value is -4.84. The molecule has 6 nitrogen and oxygen atoms in total. The van der Waals surface area contributed by atoms with Gasteiger partial charge in [0.1, 0.15) is 22.8 Å². The van der Waals surface area contributed by atoms with Crippen molar-refractivity contribution in [1.29, 1.82) is 0 Å². The lowest BCUT2D eigenvalue weighted by atomic mass is 9.99. The van der Waals surface area contributed by atoms with Crippen LogP contribution >= 0.6 is 0 Å². The van der Waals surface area contributed by atoms with Crippen molar-refractivity contribution in [2.24, 2.45) is 20.5 Å². The molecule has 0 aliphatic carbocycles. The Balaban J connectivity index is 1.92. The lowest BCUT2D eigenvalue weighted by molar-refractivity contribution is 0.320. The van der Waals surface area contributed by atoms with Crippen LogP contribution in [0.5, 0.6) is 0 Å². The monoisotopic (exact) mass is 446 g/mol. The van der Waals surface area contributed by atoms with Crippen LogP contribution in [0.1, 0.15) is 22.3 Å². The minimum absolute atomic E-state index is 0.269. The van der Waals surface area contributed by atoms with E-state index in [1.54, 1.807) is 0 Å². The Kier molecular flexibility index (Phi) is 7.33. The first-order valence-corrected chi connectivity index (χ1v) is 10.6. The van der Waals surface area contributed by atoms with Crippen LogP contribution in [0.15, 0.2) is 142 Å². The summed E-state index contributed by atoms with van der Waals surface area (Å²) >= 11 is 0. The molecule has 166 valence electrons. The molecule has 0 heterocycles. The molecule has 0 amide bonds. The third-order valence-electron chi connectivity index (χ3n) is 5.09. The van der Waals surface area contributed by atoms with Gasteiger partial charge in [0.05, 0.1) is 0 Å². The molecule has 2 N–H and O–H groups in total. The van der Waals surface area contributed by atoms with Gasteiger partial charge in [0.2, 0.25) is 0 Å². The summed E-state index contributed by atoms with van der Waals surface area (Å²) in [6.45, 7) is 0. The predicted octanol–water partition coefficient (Wildman–Crippen LogP) is 5.64. The third-order valence-corrected chi connectivity index (χ3v) is 5.09. The Morgan fingerprint density at radius 3 is 0.824 bits per heavy atom. The molecule has 0 saturated carbocycles. The largest absolute Gasteiger partial charge is 0.410 e. The smallest absolute Gasteiger partial charge is 0.137 e. The van der Waals surface area contributed by atoms with Crippen LogP contribution in [-0.2, 0) is 0 Å². The Labute approximate surface area is 197 Å². The second-order valence-corrected chi connectivity index (χ2v) is 7.26. The molecule has 0 radical (unpaired) electrons. The van der Waals surface area contributed by atoms with E-state index in [1.165, 1.54) is 0 Å². The molecule has 0 saturated heterocycles. The van der Waals surface area contributed by atoms with Crippen LogP contribution in [-0.4, -0.2) is 33.3 Å². The van der Waals surface area contributed by atoms with Gasteiger partial charge < -0.3 is 10.4 Å². The second-order valence-electron chi connectivity index (χ2n) is 7.26. The summed E-state index contributed by atoms with van der Waals surface area (Å²) in [6.07, 6.45) is 0. The fourth-order valence-electron chi connectivity index (χ4n) is 3.45. The van der Waals surface area contributed by atoms with Crippen molar-refractivity contribution in [2.75, 3.05) is 0 Å². The van der Waals surface area contributed by atoms with Crippen LogP contribution in [0.2, 0.25) is 0 Å². The average molecular weight is 447 g/mol. The molecule has 0 fully saturated rings. The SMILES string of the molecule is O/N=C(/C(=N/N=C(/C(=N/O)c1ccccc1)c1ccccc1)c1ccccc1)c1ccccc1. The van der Waals surface area contributed by atoms with Gasteiger partial charge in [0.15, 0.2) is 0 Å². The Morgan fingerprint density at radius 1 is 0.353 bits per heavy atom. The molecule has 0 unspecified atom stereocenters. The number of benzene rings is 4. The number of rotatable bonds is 7. The maximum atomic E-state index is 9.92. The first-order valence-electron chi connectivity index (χ1n) is 10.6. The molecule has 0 aliphatic heterocycles. The van der Waals surface area contributed by atoms with E-state index in [4.69, 9.17) is 0 Å². The van der Waals surface area contributed by atoms with Crippen molar-refractivity contribution >= 4 is 22.8 Å². The van der Waals surface area contributed by atoms with Crippen LogP contribution in [0.25, 0.3) is 0 Å². The molecular formula is C28H22N4O2. The van der Waals surface area contributed by atoms with Gasteiger partial charge in [-0.1, -0.05) is 132 Å². The zero-order valence-electron chi connectivity index (χ0n) is 18.2. The van der Waals surface area contributed by atoms with E-state index < -0.39 is 0 Å². The molecule has 0 spiro atoms. The minimum atomic E-state index is 0.269. The van der Waals surface area contributed by atoms with Gasteiger partial charge in [-0.25, -0.2) is 0 Å². The lowest BCUT2D eigenvalue weighted by Gasteiger charge is -2.10. The van der Waals surface area contributed by atoms with Gasteiger partial charge in [0.25, 0.3) is 0 Å². The summed E-state index contributed by atoms with van der Waals surface area (Å²) < 4.78 is 0. The van der Waals surface area contributed by atoms with E-state index in [0.717, 1.165) is 11.1 Å². The molecular weight excluding hydrogens is 424 g/mol. The fourth-order valence-corrected chi connectivity index (χ4v) is 3.45. The zero-order valence-corrected chi connectivity index (χ0v) is 18.2. The van der Waals surface area contributed by atoms with Gasteiger partial charge >= 0.3 is 0 Å². The first kappa shape index (κ1) is 22.4. The lowest BCUT2D eigenvalue weighted by Crippen LogP contribution is -2.20. The first-order chi connectivity index (χ1) is 16.8. The molecule has 0 bridgehead atoms. The standard InChI is InChI=1S/C28H22N4O2/c33-31-27(23-17-9-3-10-18-23)25(21-13-5-1-6-14-21)29-30-26(22-15-7-2-8-16-22)28(32-34)24-19-11-4-12-20-24/h1-20,33-34H/b29-25+,30-26+,31-27+,32-28+. The van der Waals surface area contributed by atoms with Crippen molar-refractivity contribution in [3.8, 4) is 0 Å². The normalized spacial score (nSPS) is 13.1. The molecule has 0 aromatic heterocycles. The van der Waals surface area contributed by atoms with Gasteiger partial charge in [0, 0.05) is 22.3 Å². The maximum absolute atomic E-state index is 9.92. The molecule has 0 atom stereocenters. The number of hydrogen-bond acceptors (Lipinski definition) is 6. The molecule has 4 aromatic rings. The van der Waals surface area contributed by atoms with E-state index >= 15 is 0 Å². The topological polar surface area (TPSA) is 89.9 Å².